The molecule has 0 aliphatic rings. The van der Waals surface area contributed by atoms with E-state index >= 15 is 0 Å². The predicted octanol–water partition coefficient (Wildman–Crippen LogP) is 3.64. The molecule has 0 aromatic heterocycles. The Morgan fingerprint density at radius 2 is 1.75 bits per heavy atom. The molecule has 2 nitrogen and oxygen atoms in total. The van der Waals surface area contributed by atoms with E-state index < -0.39 is 0 Å². The van der Waals surface area contributed by atoms with Gasteiger partial charge < -0.3 is 5.32 Å². The molecule has 2 aromatic carbocycles. The van der Waals surface area contributed by atoms with Crippen LogP contribution in [-0.2, 0) is 11.3 Å². The van der Waals surface area contributed by atoms with Gasteiger partial charge in [-0.3, -0.25) is 4.79 Å². The lowest BCUT2D eigenvalue weighted by Gasteiger charge is -2.15. The minimum Gasteiger partial charge on any atom is -0.351 e. The van der Waals surface area contributed by atoms with Crippen LogP contribution in [0.2, 0.25) is 0 Å². The average Bonchev–Trinajstić information content (AvgIpc) is 2.48. The Bertz CT molecular complexity index is 568. The third kappa shape index (κ3) is 3.44. The van der Waals surface area contributed by atoms with E-state index in [2.05, 4.69) is 5.32 Å². The van der Waals surface area contributed by atoms with Crippen molar-refractivity contribution in [2.45, 2.75) is 25.8 Å². The Hall–Kier alpha value is -2.16. The maximum absolute atomic E-state index is 13.5. The first-order valence-electron chi connectivity index (χ1n) is 6.78. The van der Waals surface area contributed by atoms with Crippen LogP contribution in [0, 0.1) is 5.82 Å². The van der Waals surface area contributed by atoms with Crippen LogP contribution in [0.15, 0.2) is 54.6 Å². The highest BCUT2D eigenvalue weighted by molar-refractivity contribution is 5.83. The first-order chi connectivity index (χ1) is 9.72. The summed E-state index contributed by atoms with van der Waals surface area (Å²) in [6.45, 7) is 2.19. The molecular formula is C17H18FNO. The third-order valence-corrected chi connectivity index (χ3v) is 3.34. The number of rotatable bonds is 5. The number of nitrogens with one attached hydrogen (secondary N) is 1. The van der Waals surface area contributed by atoms with Gasteiger partial charge in [-0.05, 0) is 18.1 Å². The lowest BCUT2D eigenvalue weighted by molar-refractivity contribution is -0.122. The number of benzene rings is 2. The van der Waals surface area contributed by atoms with Gasteiger partial charge in [-0.25, -0.2) is 4.39 Å². The van der Waals surface area contributed by atoms with Gasteiger partial charge in [0, 0.05) is 12.1 Å². The maximum Gasteiger partial charge on any atom is 0.227 e. The van der Waals surface area contributed by atoms with Crippen LogP contribution < -0.4 is 5.32 Å². The summed E-state index contributed by atoms with van der Waals surface area (Å²) in [4.78, 5) is 12.2. The molecule has 104 valence electrons. The highest BCUT2D eigenvalue weighted by Crippen LogP contribution is 2.19. The van der Waals surface area contributed by atoms with E-state index in [4.69, 9.17) is 0 Å². The molecule has 0 aliphatic carbocycles. The topological polar surface area (TPSA) is 29.1 Å². The number of amides is 1. The van der Waals surface area contributed by atoms with Gasteiger partial charge in [0.25, 0.3) is 0 Å². The van der Waals surface area contributed by atoms with Gasteiger partial charge >= 0.3 is 0 Å². The van der Waals surface area contributed by atoms with Crippen molar-refractivity contribution in [2.24, 2.45) is 0 Å². The fraction of sp³-hybridized carbons (Fsp3) is 0.235. The maximum atomic E-state index is 13.5. The zero-order valence-corrected chi connectivity index (χ0v) is 11.5. The van der Waals surface area contributed by atoms with Crippen LogP contribution in [0.1, 0.15) is 30.4 Å². The zero-order valence-electron chi connectivity index (χ0n) is 11.5. The first kappa shape index (κ1) is 14.3. The molecule has 2 aromatic rings. The van der Waals surface area contributed by atoms with E-state index in [1.807, 2.05) is 37.3 Å². The van der Waals surface area contributed by atoms with Gasteiger partial charge in [-0.15, -0.1) is 0 Å². The van der Waals surface area contributed by atoms with Crippen molar-refractivity contribution >= 4 is 5.91 Å². The van der Waals surface area contributed by atoms with E-state index in [-0.39, 0.29) is 24.2 Å². The molecule has 0 unspecified atom stereocenters. The summed E-state index contributed by atoms with van der Waals surface area (Å²) in [6, 6.07) is 16.1. The molecule has 0 saturated heterocycles. The molecule has 0 fully saturated rings. The summed E-state index contributed by atoms with van der Waals surface area (Å²) in [6.07, 6.45) is 0.715. The minimum absolute atomic E-state index is 0.0676. The molecule has 1 N–H and O–H groups in total. The molecule has 2 rings (SSSR count). The van der Waals surface area contributed by atoms with Crippen molar-refractivity contribution < 1.29 is 9.18 Å². The molecule has 0 saturated carbocycles. The second kappa shape index (κ2) is 6.85. The number of hydrogen-bond acceptors (Lipinski definition) is 1. The number of carbonyl (C=O) groups is 1. The summed E-state index contributed by atoms with van der Waals surface area (Å²) in [5, 5.41) is 2.81. The summed E-state index contributed by atoms with van der Waals surface area (Å²) < 4.78 is 13.5. The second-order valence-corrected chi connectivity index (χ2v) is 4.68. The Labute approximate surface area is 118 Å². The van der Waals surface area contributed by atoms with Gasteiger partial charge in [0.05, 0.1) is 5.92 Å². The first-order valence-corrected chi connectivity index (χ1v) is 6.78. The molecule has 3 heteroatoms. The summed E-state index contributed by atoms with van der Waals surface area (Å²) >= 11 is 0. The third-order valence-electron chi connectivity index (χ3n) is 3.34. The molecular weight excluding hydrogens is 253 g/mol. The summed E-state index contributed by atoms with van der Waals surface area (Å²) in [5.41, 5.74) is 1.49. The summed E-state index contributed by atoms with van der Waals surface area (Å²) in [5.74, 6) is -0.550. The SMILES string of the molecule is CC[C@@H](C(=O)NCc1ccccc1F)c1ccccc1. The standard InChI is InChI=1S/C17H18FNO/c1-2-15(13-8-4-3-5-9-13)17(20)19-12-14-10-6-7-11-16(14)18/h3-11,15H,2,12H2,1H3,(H,19,20)/t15-/m1/s1. The van der Waals surface area contributed by atoms with E-state index in [0.717, 1.165) is 5.56 Å². The minimum atomic E-state index is -0.291. The predicted molar refractivity (Wildman–Crippen MR) is 77.7 cm³/mol. The molecule has 0 heterocycles. The fourth-order valence-corrected chi connectivity index (χ4v) is 2.21. The number of hydrogen-bond donors (Lipinski definition) is 1. The molecule has 0 radical (unpaired) electrons. The molecule has 1 atom stereocenters. The molecule has 0 aliphatic heterocycles. The number of carbonyl (C=O) groups excluding carboxylic acids is 1. The van der Waals surface area contributed by atoms with Crippen LogP contribution in [0.5, 0.6) is 0 Å². The highest BCUT2D eigenvalue weighted by atomic mass is 19.1. The normalized spacial score (nSPS) is 11.9. The molecule has 20 heavy (non-hydrogen) atoms. The van der Waals surface area contributed by atoms with Crippen molar-refractivity contribution in [3.8, 4) is 0 Å². The van der Waals surface area contributed by atoms with Crippen LogP contribution in [0.25, 0.3) is 0 Å². The van der Waals surface area contributed by atoms with Crippen molar-refractivity contribution in [3.05, 3.63) is 71.5 Å². The zero-order chi connectivity index (χ0) is 14.4. The second-order valence-electron chi connectivity index (χ2n) is 4.68. The molecule has 0 bridgehead atoms. The monoisotopic (exact) mass is 271 g/mol. The van der Waals surface area contributed by atoms with Crippen molar-refractivity contribution in [1.29, 1.82) is 0 Å². The van der Waals surface area contributed by atoms with Gasteiger partial charge in [0.1, 0.15) is 5.82 Å². The van der Waals surface area contributed by atoms with Crippen LogP contribution >= 0.6 is 0 Å². The van der Waals surface area contributed by atoms with Crippen molar-refractivity contribution in [2.75, 3.05) is 0 Å². The van der Waals surface area contributed by atoms with E-state index in [1.54, 1.807) is 18.2 Å². The quantitative estimate of drug-likeness (QED) is 0.884. The molecule has 1 amide bonds. The Kier molecular flexibility index (Phi) is 4.88. The van der Waals surface area contributed by atoms with E-state index in [9.17, 15) is 9.18 Å². The highest BCUT2D eigenvalue weighted by Gasteiger charge is 2.18. The van der Waals surface area contributed by atoms with Crippen molar-refractivity contribution in [3.63, 3.8) is 0 Å². The van der Waals surface area contributed by atoms with Gasteiger partial charge in [-0.1, -0.05) is 55.5 Å². The molecule has 0 spiro atoms. The Morgan fingerprint density at radius 1 is 1.10 bits per heavy atom. The van der Waals surface area contributed by atoms with Crippen molar-refractivity contribution in [1.82, 2.24) is 5.32 Å². The van der Waals surface area contributed by atoms with E-state index in [0.29, 0.717) is 12.0 Å². The lowest BCUT2D eigenvalue weighted by atomic mass is 9.95. The number of halogens is 1. The summed E-state index contributed by atoms with van der Waals surface area (Å²) in [7, 11) is 0. The fourth-order valence-electron chi connectivity index (χ4n) is 2.21. The lowest BCUT2D eigenvalue weighted by Crippen LogP contribution is -2.29. The Balaban J connectivity index is 2.02. The van der Waals surface area contributed by atoms with Crippen LogP contribution in [-0.4, -0.2) is 5.91 Å². The Morgan fingerprint density at radius 3 is 2.40 bits per heavy atom. The van der Waals surface area contributed by atoms with Gasteiger partial charge in [-0.2, -0.15) is 0 Å². The smallest absolute Gasteiger partial charge is 0.227 e. The van der Waals surface area contributed by atoms with Gasteiger partial charge in [0.15, 0.2) is 0 Å². The van der Waals surface area contributed by atoms with Crippen LogP contribution in [0.3, 0.4) is 0 Å². The van der Waals surface area contributed by atoms with E-state index in [1.165, 1.54) is 6.07 Å². The van der Waals surface area contributed by atoms with Crippen LogP contribution in [0.4, 0.5) is 4.39 Å². The van der Waals surface area contributed by atoms with Gasteiger partial charge in [0.2, 0.25) is 5.91 Å². The average molecular weight is 271 g/mol. The largest absolute Gasteiger partial charge is 0.351 e.